The maximum Gasteiger partial charge on any atom is 0 e. The molecule has 0 aromatic heterocycles. The second-order valence-corrected chi connectivity index (χ2v) is 15.4. The van der Waals surface area contributed by atoms with Crippen molar-refractivity contribution in [2.24, 2.45) is 22.7 Å². The van der Waals surface area contributed by atoms with Crippen LogP contribution in [0, 0.1) is 28.7 Å². The van der Waals surface area contributed by atoms with Crippen molar-refractivity contribution < 1.29 is 25.8 Å². The summed E-state index contributed by atoms with van der Waals surface area (Å²) >= 11 is 0.312. The second-order valence-electron chi connectivity index (χ2n) is 13.0. The first-order valence-electron chi connectivity index (χ1n) is 14.3. The van der Waals surface area contributed by atoms with Gasteiger partial charge in [0, 0.05) is 25.8 Å². The molecule has 5 aliphatic rings. The summed E-state index contributed by atoms with van der Waals surface area (Å²) in [7, 11) is 0. The molecule has 3 unspecified atom stereocenters. The molecule has 4 saturated carbocycles. The fraction of sp³-hybridized carbons (Fsp3) is 0.543. The van der Waals surface area contributed by atoms with Crippen LogP contribution in [0.5, 0.6) is 0 Å². The van der Waals surface area contributed by atoms with Crippen LogP contribution in [0.2, 0.25) is 11.5 Å². The summed E-state index contributed by atoms with van der Waals surface area (Å²) in [6.45, 7) is 13.5. The maximum atomic E-state index is 8.46. The molecule has 205 valence electrons. The van der Waals surface area contributed by atoms with Crippen LogP contribution in [-0.2, 0) is 25.8 Å². The molecule has 7 rings (SSSR count). The molecule has 3 heteroatoms. The van der Waals surface area contributed by atoms with E-state index in [0.717, 1.165) is 5.92 Å². The van der Waals surface area contributed by atoms with E-state index in [0.29, 0.717) is 32.2 Å². The molecule has 3 atom stereocenters. The van der Waals surface area contributed by atoms with E-state index in [9.17, 15) is 0 Å². The molecular weight excluding hydrogens is 685 g/mol. The molecule has 0 spiro atoms. The van der Waals surface area contributed by atoms with Gasteiger partial charge in [-0.2, -0.15) is 11.1 Å². The molecule has 5 aliphatic carbocycles. The molecule has 1 nitrogen and oxygen atoms in total. The zero-order valence-corrected chi connectivity index (χ0v) is 31.3. The van der Waals surface area contributed by atoms with Gasteiger partial charge in [-0.3, -0.25) is 6.08 Å². The Morgan fingerprint density at radius 1 is 0.763 bits per heavy atom. The molecule has 1 N–H and O–H groups in total. The Hall–Kier alpha value is -0.707. The van der Waals surface area contributed by atoms with Crippen LogP contribution in [0.4, 0.5) is 0 Å². The van der Waals surface area contributed by atoms with E-state index >= 15 is 0 Å². The fourth-order valence-corrected chi connectivity index (χ4v) is 7.87. The summed E-state index contributed by atoms with van der Waals surface area (Å²) < 4.78 is 0. The van der Waals surface area contributed by atoms with Crippen molar-refractivity contribution in [3.8, 4) is 11.1 Å². The molecule has 2 aromatic carbocycles. The molecule has 0 saturated heterocycles. The van der Waals surface area contributed by atoms with Crippen molar-refractivity contribution >= 4 is 15.4 Å². The third-order valence-electron chi connectivity index (χ3n) is 8.74. The van der Waals surface area contributed by atoms with Gasteiger partial charge in [-0.15, -0.1) is 12.5 Å². The van der Waals surface area contributed by atoms with Gasteiger partial charge in [-0.25, -0.2) is 5.57 Å². The van der Waals surface area contributed by atoms with Gasteiger partial charge in [0.2, 0.25) is 0 Å². The van der Waals surface area contributed by atoms with E-state index in [4.69, 9.17) is 5.73 Å². The van der Waals surface area contributed by atoms with E-state index in [1.54, 1.807) is 0 Å². The van der Waals surface area contributed by atoms with E-state index in [-0.39, 0.29) is 31.4 Å². The number of nitrogens with one attached hydrogen (secondary N) is 1. The standard InChI is InChI=1S/C12H20N.C12H10.C9H13.C2H7Ge.Hf/c1-10-3-9-4-11(2,6-10)8-12(13,5-9)7-10;1-3-7-11(8-4-1)12-9-5-2-6-10-12;1-6-5-7(2)9(4)8(6)3;1-3-2;/h9,13H,3-8H2,1-2H3;1-10H;6H,1-4H3;3H,1-2H3;/q-1;;-1;;. The minimum atomic E-state index is -0.0249. The van der Waals surface area contributed by atoms with Crippen LogP contribution >= 0.6 is 0 Å². The van der Waals surface area contributed by atoms with Crippen LogP contribution < -0.4 is 0 Å². The van der Waals surface area contributed by atoms with Crippen LogP contribution in [0.1, 0.15) is 80.1 Å². The predicted octanol–water partition coefficient (Wildman–Crippen LogP) is 10.4. The molecular formula is C35H50GeHfN-2. The molecule has 1 radical (unpaired) electrons. The monoisotopic (exact) mass is 738 g/mol. The molecule has 4 bridgehead atoms. The van der Waals surface area contributed by atoms with Crippen molar-refractivity contribution in [2.45, 2.75) is 97.1 Å². The van der Waals surface area contributed by atoms with Crippen molar-refractivity contribution in [3.05, 3.63) is 89.2 Å². The Morgan fingerprint density at radius 3 is 1.45 bits per heavy atom. The largest absolute Gasteiger partial charge is 0.0622 e. The third-order valence-corrected chi connectivity index (χ3v) is 8.74. The SMILES string of the molecule is CC12CC3CC(C)(C1)CC([NH-])(C3)C2.CC1=[C-]C(C)C(C)=C1C.[CH3][GeH][CH3].[Hf].c1ccc(-c2ccccc2)cc1. The zero-order chi connectivity index (χ0) is 27.3. The fourth-order valence-electron chi connectivity index (χ4n) is 7.87. The van der Waals surface area contributed by atoms with Crippen molar-refractivity contribution in [3.63, 3.8) is 0 Å². The summed E-state index contributed by atoms with van der Waals surface area (Å²) in [6, 6.07) is 20.8. The first kappa shape index (κ1) is 33.5. The van der Waals surface area contributed by atoms with E-state index < -0.39 is 0 Å². The van der Waals surface area contributed by atoms with Gasteiger partial charge >= 0.3 is 26.9 Å². The zero-order valence-electron chi connectivity index (χ0n) is 25.2. The van der Waals surface area contributed by atoms with E-state index in [1.165, 1.54) is 66.4 Å². The minimum absolute atomic E-state index is 0. The third kappa shape index (κ3) is 8.90. The van der Waals surface area contributed by atoms with E-state index in [1.807, 2.05) is 12.1 Å². The summed E-state index contributed by atoms with van der Waals surface area (Å²) in [5.74, 6) is 6.02. The molecule has 38 heavy (non-hydrogen) atoms. The number of rotatable bonds is 1. The summed E-state index contributed by atoms with van der Waals surface area (Å²) in [5.41, 5.74) is 16.3. The average molecular weight is 736 g/mol. The van der Waals surface area contributed by atoms with Crippen LogP contribution in [-0.4, -0.2) is 21.0 Å². The Morgan fingerprint density at radius 2 is 1.18 bits per heavy atom. The van der Waals surface area contributed by atoms with Crippen LogP contribution in [0.3, 0.4) is 0 Å². The van der Waals surface area contributed by atoms with E-state index in [2.05, 4.69) is 108 Å². The van der Waals surface area contributed by atoms with Crippen molar-refractivity contribution in [2.75, 3.05) is 0 Å². The topological polar surface area (TPSA) is 23.8 Å². The Bertz CT molecular complexity index is 985. The van der Waals surface area contributed by atoms with Gasteiger partial charge in [0.05, 0.1) is 0 Å². The Balaban J connectivity index is 0.000000191. The number of hydrogen-bond acceptors (Lipinski definition) is 0. The van der Waals surface area contributed by atoms with Gasteiger partial charge < -0.3 is 5.73 Å². The maximum absolute atomic E-state index is 8.46. The first-order chi connectivity index (χ1) is 17.4. The number of benzene rings is 2. The summed E-state index contributed by atoms with van der Waals surface area (Å²) in [5, 5.41) is 0. The van der Waals surface area contributed by atoms with Crippen molar-refractivity contribution in [1.29, 1.82) is 0 Å². The molecule has 4 fully saturated rings. The molecule has 2 aromatic rings. The smallest absolute Gasteiger partial charge is 0 e. The summed E-state index contributed by atoms with van der Waals surface area (Å²) in [4.78, 5) is 0. The second kappa shape index (κ2) is 14.3. The van der Waals surface area contributed by atoms with Gasteiger partial charge in [0.15, 0.2) is 0 Å². The van der Waals surface area contributed by atoms with Crippen molar-refractivity contribution in [1.82, 2.24) is 0 Å². The summed E-state index contributed by atoms with van der Waals surface area (Å²) in [6.07, 6.45) is 11.2. The normalized spacial score (nSPS) is 32.0. The molecule has 0 aliphatic heterocycles. The Kier molecular flexibility index (Phi) is 12.6. The van der Waals surface area contributed by atoms with Crippen LogP contribution in [0.15, 0.2) is 77.4 Å². The van der Waals surface area contributed by atoms with Crippen LogP contribution in [0.25, 0.3) is 16.9 Å². The Labute approximate surface area is 259 Å². The van der Waals surface area contributed by atoms with Gasteiger partial charge in [-0.1, -0.05) is 120 Å². The van der Waals surface area contributed by atoms with Gasteiger partial charge in [0.1, 0.15) is 0 Å². The molecule has 0 heterocycles. The number of allylic oxidation sites excluding steroid dienone is 4. The average Bonchev–Trinajstić information content (AvgIpc) is 3.04. The predicted molar refractivity (Wildman–Crippen MR) is 165 cm³/mol. The minimum Gasteiger partial charge on any atom is -0.0622 e. The first-order valence-corrected chi connectivity index (χ1v) is 19.1. The molecule has 0 amide bonds. The van der Waals surface area contributed by atoms with Gasteiger partial charge in [0.25, 0.3) is 0 Å². The number of hydrogen-bond donors (Lipinski definition) is 0. The van der Waals surface area contributed by atoms with Gasteiger partial charge in [-0.05, 0) is 47.1 Å². The quantitative estimate of drug-likeness (QED) is 0.206.